The van der Waals surface area contributed by atoms with Crippen molar-refractivity contribution in [2.24, 2.45) is 16.8 Å². The van der Waals surface area contributed by atoms with Gasteiger partial charge in [-0.15, -0.1) is 24.0 Å². The largest absolute Gasteiger partial charge is 0.492 e. The molecule has 1 aromatic carbocycles. The smallest absolute Gasteiger partial charge is 0.310 e. The topological polar surface area (TPSA) is 75.6 Å². The summed E-state index contributed by atoms with van der Waals surface area (Å²) in [6.45, 7) is 7.39. The lowest BCUT2D eigenvalue weighted by atomic mass is 9.99. The zero-order valence-corrected chi connectivity index (χ0v) is 22.6. The third-order valence-electron chi connectivity index (χ3n) is 6.50. The highest BCUT2D eigenvalue weighted by atomic mass is 127. The van der Waals surface area contributed by atoms with Gasteiger partial charge in [0.2, 0.25) is 0 Å². The van der Waals surface area contributed by atoms with Gasteiger partial charge >= 0.3 is 5.97 Å². The Labute approximate surface area is 215 Å². The van der Waals surface area contributed by atoms with E-state index in [-0.39, 0.29) is 41.8 Å². The summed E-state index contributed by atoms with van der Waals surface area (Å²) in [5.74, 6) is 1.64. The molecule has 0 bridgehead atoms. The van der Waals surface area contributed by atoms with Crippen LogP contribution in [0.15, 0.2) is 29.3 Å². The first kappa shape index (κ1) is 27.7. The van der Waals surface area contributed by atoms with E-state index in [2.05, 4.69) is 46.2 Å². The van der Waals surface area contributed by atoms with Crippen molar-refractivity contribution in [3.05, 3.63) is 29.8 Å². The third kappa shape index (κ3) is 7.99. The number of nitrogens with zero attached hydrogens (tertiary/aromatic N) is 3. The standard InChI is InChI=1S/C24H38N4O4.HI/c1-18-16-28(17-22(18)23(29)30-4)24(25-2)26-15-19-6-5-7-21(14-19)32-13-10-27(3)20-8-11-31-12-9-20;/h5-7,14,18,20,22H,8-13,15-17H2,1-4H3,(H,25,26);1H. The molecular formula is C24H39IN4O4. The van der Waals surface area contributed by atoms with Gasteiger partial charge in [0, 0.05) is 52.5 Å². The second-order valence-electron chi connectivity index (χ2n) is 8.73. The summed E-state index contributed by atoms with van der Waals surface area (Å²) < 4.78 is 16.4. The van der Waals surface area contributed by atoms with E-state index in [1.165, 1.54) is 7.11 Å². The highest BCUT2D eigenvalue weighted by molar-refractivity contribution is 14.0. The lowest BCUT2D eigenvalue weighted by Crippen LogP contribution is -2.40. The van der Waals surface area contributed by atoms with Crippen LogP contribution in [0.4, 0.5) is 0 Å². The van der Waals surface area contributed by atoms with Crippen LogP contribution >= 0.6 is 24.0 Å². The molecule has 0 radical (unpaired) electrons. The number of carbonyl (C=O) groups excluding carboxylic acids is 1. The lowest BCUT2D eigenvalue weighted by molar-refractivity contribution is -0.145. The van der Waals surface area contributed by atoms with E-state index in [0.29, 0.717) is 25.7 Å². The van der Waals surface area contributed by atoms with Gasteiger partial charge in [-0.25, -0.2) is 0 Å². The van der Waals surface area contributed by atoms with E-state index in [0.717, 1.165) is 56.4 Å². The van der Waals surface area contributed by atoms with Crippen LogP contribution in [0.25, 0.3) is 0 Å². The van der Waals surface area contributed by atoms with E-state index in [1.54, 1.807) is 7.05 Å². The Kier molecular flexibility index (Phi) is 11.7. The highest BCUT2D eigenvalue weighted by Gasteiger charge is 2.36. The normalized spacial score (nSPS) is 21.6. The second kappa shape index (κ2) is 14.0. The Morgan fingerprint density at radius 3 is 2.76 bits per heavy atom. The number of benzene rings is 1. The average Bonchev–Trinajstić information content (AvgIpc) is 3.21. The summed E-state index contributed by atoms with van der Waals surface area (Å²) in [4.78, 5) is 20.9. The molecule has 2 unspecified atom stereocenters. The van der Waals surface area contributed by atoms with Crippen molar-refractivity contribution in [1.82, 2.24) is 15.1 Å². The number of nitrogens with one attached hydrogen (secondary N) is 1. The number of hydrogen-bond donors (Lipinski definition) is 1. The molecule has 2 fully saturated rings. The van der Waals surface area contributed by atoms with Crippen LogP contribution in [0, 0.1) is 11.8 Å². The molecule has 0 aromatic heterocycles. The molecule has 1 N–H and O–H groups in total. The van der Waals surface area contributed by atoms with E-state index in [9.17, 15) is 4.79 Å². The minimum absolute atomic E-state index is 0. The number of hydrogen-bond acceptors (Lipinski definition) is 6. The van der Waals surface area contributed by atoms with Gasteiger partial charge in [-0.05, 0) is 43.5 Å². The minimum Gasteiger partial charge on any atom is -0.492 e. The number of methoxy groups -OCH3 is 1. The quantitative estimate of drug-likeness (QED) is 0.222. The molecule has 8 nitrogen and oxygen atoms in total. The maximum absolute atomic E-state index is 12.0. The molecule has 9 heteroatoms. The molecule has 0 amide bonds. The molecule has 2 atom stereocenters. The van der Waals surface area contributed by atoms with Crippen molar-refractivity contribution in [3.63, 3.8) is 0 Å². The zero-order valence-electron chi connectivity index (χ0n) is 20.3. The fraction of sp³-hybridized carbons (Fsp3) is 0.667. The molecule has 2 saturated heterocycles. The number of guanidine groups is 1. The summed E-state index contributed by atoms with van der Waals surface area (Å²) in [5.41, 5.74) is 1.12. The van der Waals surface area contributed by atoms with Gasteiger partial charge in [0.1, 0.15) is 12.4 Å². The van der Waals surface area contributed by atoms with Gasteiger partial charge in [-0.3, -0.25) is 14.7 Å². The molecule has 3 rings (SSSR count). The maximum atomic E-state index is 12.0. The summed E-state index contributed by atoms with van der Waals surface area (Å²) in [5, 5.41) is 3.42. The van der Waals surface area contributed by atoms with Gasteiger partial charge in [-0.2, -0.15) is 0 Å². The summed E-state index contributed by atoms with van der Waals surface area (Å²) in [6, 6.07) is 8.74. The Bertz CT molecular complexity index is 773. The molecule has 0 aliphatic carbocycles. The number of ether oxygens (including phenoxy) is 3. The van der Waals surface area contributed by atoms with Crippen molar-refractivity contribution in [3.8, 4) is 5.75 Å². The number of halogens is 1. The number of aliphatic imine (C=N–C) groups is 1. The van der Waals surface area contributed by atoms with Crippen molar-refractivity contribution >= 4 is 35.9 Å². The molecule has 33 heavy (non-hydrogen) atoms. The molecule has 1 aromatic rings. The van der Waals surface area contributed by atoms with Crippen molar-refractivity contribution in [1.29, 1.82) is 0 Å². The minimum atomic E-state index is -0.150. The SMILES string of the molecule is CN=C(NCc1cccc(OCCN(C)C2CCOCC2)c1)N1CC(C)C(C(=O)OC)C1.I. The lowest BCUT2D eigenvalue weighted by Gasteiger charge is -2.31. The summed E-state index contributed by atoms with van der Waals surface area (Å²) >= 11 is 0. The Morgan fingerprint density at radius 1 is 1.30 bits per heavy atom. The van der Waals surface area contributed by atoms with Crippen LogP contribution in [0.1, 0.15) is 25.3 Å². The van der Waals surface area contributed by atoms with Crippen LogP contribution in [0.5, 0.6) is 5.75 Å². The molecule has 0 saturated carbocycles. The molecule has 2 heterocycles. The Morgan fingerprint density at radius 2 is 2.06 bits per heavy atom. The van der Waals surface area contributed by atoms with Gasteiger partial charge in [0.25, 0.3) is 0 Å². The molecule has 0 spiro atoms. The number of esters is 1. The summed E-state index contributed by atoms with van der Waals surface area (Å²) in [7, 11) is 5.38. The first-order valence-corrected chi connectivity index (χ1v) is 11.5. The van der Waals surface area contributed by atoms with Crippen LogP contribution < -0.4 is 10.1 Å². The van der Waals surface area contributed by atoms with E-state index in [4.69, 9.17) is 14.2 Å². The highest BCUT2D eigenvalue weighted by Crippen LogP contribution is 2.24. The van der Waals surface area contributed by atoms with Crippen molar-refractivity contribution < 1.29 is 19.0 Å². The van der Waals surface area contributed by atoms with Crippen LogP contribution in [0.2, 0.25) is 0 Å². The summed E-state index contributed by atoms with van der Waals surface area (Å²) in [6.07, 6.45) is 2.18. The van der Waals surface area contributed by atoms with Gasteiger partial charge in [-0.1, -0.05) is 19.1 Å². The zero-order chi connectivity index (χ0) is 22.9. The predicted octanol–water partition coefficient (Wildman–Crippen LogP) is 2.61. The molecule has 186 valence electrons. The van der Waals surface area contributed by atoms with Crippen LogP contribution in [0.3, 0.4) is 0 Å². The van der Waals surface area contributed by atoms with E-state index in [1.807, 2.05) is 12.1 Å². The van der Waals surface area contributed by atoms with Crippen molar-refractivity contribution in [2.45, 2.75) is 32.4 Å². The Hall–Kier alpha value is -1.59. The second-order valence-corrected chi connectivity index (χ2v) is 8.73. The fourth-order valence-corrected chi connectivity index (χ4v) is 4.47. The third-order valence-corrected chi connectivity index (χ3v) is 6.50. The molecule has 2 aliphatic heterocycles. The number of carbonyl (C=O) groups is 1. The molecular weight excluding hydrogens is 535 g/mol. The Balaban J connectivity index is 0.00000385. The average molecular weight is 575 g/mol. The first-order chi connectivity index (χ1) is 15.5. The van der Waals surface area contributed by atoms with Gasteiger partial charge in [0.15, 0.2) is 5.96 Å². The van der Waals surface area contributed by atoms with Crippen molar-refractivity contribution in [2.75, 3.05) is 60.7 Å². The number of likely N-dealkylation sites (tertiary alicyclic amines) is 1. The van der Waals surface area contributed by atoms with E-state index < -0.39 is 0 Å². The van der Waals surface area contributed by atoms with Crippen LogP contribution in [-0.4, -0.2) is 88.4 Å². The first-order valence-electron chi connectivity index (χ1n) is 11.5. The fourth-order valence-electron chi connectivity index (χ4n) is 4.47. The number of rotatable bonds is 8. The van der Waals surface area contributed by atoms with E-state index >= 15 is 0 Å². The number of likely N-dealkylation sites (N-methyl/N-ethyl adjacent to an activating group) is 1. The van der Waals surface area contributed by atoms with Gasteiger partial charge in [0.05, 0.1) is 13.0 Å². The predicted molar refractivity (Wildman–Crippen MR) is 140 cm³/mol. The van der Waals surface area contributed by atoms with Crippen LogP contribution in [-0.2, 0) is 20.8 Å². The maximum Gasteiger partial charge on any atom is 0.310 e. The molecule has 2 aliphatic rings. The van der Waals surface area contributed by atoms with Gasteiger partial charge < -0.3 is 24.4 Å². The monoisotopic (exact) mass is 574 g/mol.